The largest absolute Gasteiger partial charge is 0.478 e. The number of aromatic carboxylic acids is 1. The Balaban J connectivity index is 1.78. The van der Waals surface area contributed by atoms with E-state index in [1.54, 1.807) is 12.1 Å². The third-order valence-corrected chi connectivity index (χ3v) is 4.36. The lowest BCUT2D eigenvalue weighted by molar-refractivity contribution is 0.0696. The molecule has 0 radical (unpaired) electrons. The number of hydrogen-bond acceptors (Lipinski definition) is 4. The third-order valence-electron chi connectivity index (χ3n) is 4.36. The maximum atomic E-state index is 10.9. The first-order valence-electron chi connectivity index (χ1n) is 8.03. The molecule has 1 saturated heterocycles. The molecule has 0 aliphatic carbocycles. The highest BCUT2D eigenvalue weighted by Gasteiger charge is 2.26. The molecular formula is C17H22N4O2. The number of rotatable bonds is 4. The predicted molar refractivity (Wildman–Crippen MR) is 88.0 cm³/mol. The van der Waals surface area contributed by atoms with Crippen LogP contribution in [-0.4, -0.2) is 38.7 Å². The van der Waals surface area contributed by atoms with E-state index in [2.05, 4.69) is 33.3 Å². The molecule has 3 rings (SSSR count). The molecule has 3 heterocycles. The molecule has 6 nitrogen and oxygen atoms in total. The molecule has 0 spiro atoms. The van der Waals surface area contributed by atoms with Crippen molar-refractivity contribution in [3.8, 4) is 0 Å². The van der Waals surface area contributed by atoms with Crippen molar-refractivity contribution in [1.29, 1.82) is 0 Å². The van der Waals surface area contributed by atoms with E-state index in [0.29, 0.717) is 12.0 Å². The summed E-state index contributed by atoms with van der Waals surface area (Å²) < 4.78 is 2.23. The molecule has 0 amide bonds. The molecule has 0 aromatic carbocycles. The summed E-state index contributed by atoms with van der Waals surface area (Å²) >= 11 is 0. The van der Waals surface area contributed by atoms with Crippen molar-refractivity contribution in [3.63, 3.8) is 0 Å². The van der Waals surface area contributed by atoms with Gasteiger partial charge in [0.2, 0.25) is 0 Å². The Hall–Kier alpha value is -2.37. The van der Waals surface area contributed by atoms with E-state index in [1.807, 2.05) is 12.4 Å². The molecule has 6 heteroatoms. The standard InChI is InChI=1S/C17H22N4O2/c1-12(2)21-9-7-18-16(21)14-4-3-8-20(11-14)15-6-5-13(10-19-15)17(22)23/h5-7,9-10,12,14H,3-4,8,11H2,1-2H3,(H,22,23)/t14-/m0/s1. The molecule has 1 N–H and O–H groups in total. The summed E-state index contributed by atoms with van der Waals surface area (Å²) in [5, 5.41) is 8.97. The van der Waals surface area contributed by atoms with Crippen molar-refractivity contribution >= 4 is 11.8 Å². The summed E-state index contributed by atoms with van der Waals surface area (Å²) in [6.45, 7) is 6.14. The Bertz CT molecular complexity index is 678. The Morgan fingerprint density at radius 1 is 1.35 bits per heavy atom. The van der Waals surface area contributed by atoms with Crippen LogP contribution in [0.5, 0.6) is 0 Å². The highest BCUT2D eigenvalue weighted by molar-refractivity contribution is 5.87. The first-order chi connectivity index (χ1) is 11.1. The fourth-order valence-electron chi connectivity index (χ4n) is 3.17. The first-order valence-corrected chi connectivity index (χ1v) is 8.03. The van der Waals surface area contributed by atoms with Crippen molar-refractivity contribution < 1.29 is 9.90 Å². The zero-order valence-electron chi connectivity index (χ0n) is 13.5. The van der Waals surface area contributed by atoms with Gasteiger partial charge in [-0.25, -0.2) is 14.8 Å². The molecule has 0 bridgehead atoms. The van der Waals surface area contributed by atoms with E-state index >= 15 is 0 Å². The lowest BCUT2D eigenvalue weighted by atomic mass is 9.97. The van der Waals surface area contributed by atoms with E-state index < -0.39 is 5.97 Å². The summed E-state index contributed by atoms with van der Waals surface area (Å²) in [6, 6.07) is 3.81. The highest BCUT2D eigenvalue weighted by Crippen LogP contribution is 2.29. The van der Waals surface area contributed by atoms with Crippen molar-refractivity contribution in [2.45, 2.75) is 38.6 Å². The van der Waals surface area contributed by atoms with Crippen LogP contribution in [0.25, 0.3) is 0 Å². The van der Waals surface area contributed by atoms with E-state index in [1.165, 1.54) is 6.20 Å². The molecule has 1 aliphatic heterocycles. The summed E-state index contributed by atoms with van der Waals surface area (Å²) in [6.07, 6.45) is 7.54. The van der Waals surface area contributed by atoms with Gasteiger partial charge < -0.3 is 14.6 Å². The minimum atomic E-state index is -0.945. The molecule has 1 aliphatic rings. The average Bonchev–Trinajstić information content (AvgIpc) is 3.05. The number of piperidine rings is 1. The summed E-state index contributed by atoms with van der Waals surface area (Å²) in [5.74, 6) is 1.40. The van der Waals surface area contributed by atoms with Crippen LogP contribution in [0.3, 0.4) is 0 Å². The molecule has 2 aromatic rings. The van der Waals surface area contributed by atoms with Crippen molar-refractivity contribution in [2.24, 2.45) is 0 Å². The lowest BCUT2D eigenvalue weighted by Crippen LogP contribution is -2.36. The van der Waals surface area contributed by atoms with E-state index in [9.17, 15) is 4.79 Å². The monoisotopic (exact) mass is 314 g/mol. The van der Waals surface area contributed by atoms with Crippen LogP contribution >= 0.6 is 0 Å². The van der Waals surface area contributed by atoms with Gasteiger partial charge in [0, 0.05) is 43.6 Å². The number of nitrogens with zero attached hydrogens (tertiary/aromatic N) is 4. The van der Waals surface area contributed by atoms with Crippen LogP contribution in [0.1, 0.15) is 54.8 Å². The Labute approximate surface area is 135 Å². The zero-order chi connectivity index (χ0) is 16.4. The Morgan fingerprint density at radius 3 is 2.83 bits per heavy atom. The average molecular weight is 314 g/mol. The summed E-state index contributed by atoms with van der Waals surface area (Å²) in [5.41, 5.74) is 0.220. The Morgan fingerprint density at radius 2 is 2.17 bits per heavy atom. The van der Waals surface area contributed by atoms with Gasteiger partial charge >= 0.3 is 5.97 Å². The van der Waals surface area contributed by atoms with Gasteiger partial charge in [0.15, 0.2) is 0 Å². The third kappa shape index (κ3) is 3.21. The van der Waals surface area contributed by atoms with Crippen LogP contribution in [0.15, 0.2) is 30.7 Å². The summed E-state index contributed by atoms with van der Waals surface area (Å²) in [7, 11) is 0. The molecule has 1 atom stereocenters. The first kappa shape index (κ1) is 15.5. The summed E-state index contributed by atoms with van der Waals surface area (Å²) in [4.78, 5) is 22.0. The van der Waals surface area contributed by atoms with Gasteiger partial charge in [-0.15, -0.1) is 0 Å². The maximum Gasteiger partial charge on any atom is 0.337 e. The van der Waals surface area contributed by atoms with E-state index in [4.69, 9.17) is 5.11 Å². The molecule has 1 fully saturated rings. The SMILES string of the molecule is CC(C)n1ccnc1[C@H]1CCCN(c2ccc(C(=O)O)cn2)C1. The number of anilines is 1. The molecule has 2 aromatic heterocycles. The quantitative estimate of drug-likeness (QED) is 0.939. The van der Waals surface area contributed by atoms with Gasteiger partial charge in [-0.1, -0.05) is 0 Å². The topological polar surface area (TPSA) is 71.2 Å². The van der Waals surface area contributed by atoms with Gasteiger partial charge in [0.05, 0.1) is 5.56 Å². The fraction of sp³-hybridized carbons (Fsp3) is 0.471. The number of carboxylic acid groups (broad SMARTS) is 1. The minimum absolute atomic E-state index is 0.220. The Kier molecular flexibility index (Phi) is 4.32. The number of hydrogen-bond donors (Lipinski definition) is 1. The predicted octanol–water partition coefficient (Wildman–Crippen LogP) is 2.94. The second kappa shape index (κ2) is 6.40. The second-order valence-corrected chi connectivity index (χ2v) is 6.28. The van der Waals surface area contributed by atoms with Gasteiger partial charge in [-0.05, 0) is 38.8 Å². The van der Waals surface area contributed by atoms with Crippen molar-refractivity contribution in [1.82, 2.24) is 14.5 Å². The van der Waals surface area contributed by atoms with Crippen LogP contribution in [0.4, 0.5) is 5.82 Å². The van der Waals surface area contributed by atoms with E-state index in [-0.39, 0.29) is 5.56 Å². The molecule has 23 heavy (non-hydrogen) atoms. The molecule has 122 valence electrons. The molecule has 0 saturated carbocycles. The second-order valence-electron chi connectivity index (χ2n) is 6.28. The number of carboxylic acids is 1. The number of pyridine rings is 1. The van der Waals surface area contributed by atoms with Crippen molar-refractivity contribution in [2.75, 3.05) is 18.0 Å². The normalized spacial score (nSPS) is 18.4. The smallest absolute Gasteiger partial charge is 0.337 e. The van der Waals surface area contributed by atoms with Gasteiger partial charge in [0.1, 0.15) is 11.6 Å². The minimum Gasteiger partial charge on any atom is -0.478 e. The lowest BCUT2D eigenvalue weighted by Gasteiger charge is -2.33. The van der Waals surface area contributed by atoms with Gasteiger partial charge in [-0.3, -0.25) is 0 Å². The van der Waals surface area contributed by atoms with Crippen LogP contribution in [0.2, 0.25) is 0 Å². The number of imidazole rings is 1. The van der Waals surface area contributed by atoms with Crippen LogP contribution in [0, 0.1) is 0 Å². The highest BCUT2D eigenvalue weighted by atomic mass is 16.4. The van der Waals surface area contributed by atoms with Crippen LogP contribution in [-0.2, 0) is 0 Å². The molecule has 0 unspecified atom stereocenters. The van der Waals surface area contributed by atoms with E-state index in [0.717, 1.165) is 37.6 Å². The fourth-order valence-corrected chi connectivity index (χ4v) is 3.17. The molecular weight excluding hydrogens is 292 g/mol. The van der Waals surface area contributed by atoms with Gasteiger partial charge in [0.25, 0.3) is 0 Å². The zero-order valence-corrected chi connectivity index (χ0v) is 13.5. The number of aromatic nitrogens is 3. The maximum absolute atomic E-state index is 10.9. The van der Waals surface area contributed by atoms with Gasteiger partial charge in [-0.2, -0.15) is 0 Å². The van der Waals surface area contributed by atoms with Crippen molar-refractivity contribution in [3.05, 3.63) is 42.1 Å². The van der Waals surface area contributed by atoms with Crippen LogP contribution < -0.4 is 4.90 Å². The number of carbonyl (C=O) groups is 1.